The number of benzene rings is 1. The van der Waals surface area contributed by atoms with E-state index in [0.717, 1.165) is 5.56 Å². The molecule has 0 radical (unpaired) electrons. The van der Waals surface area contributed by atoms with Crippen molar-refractivity contribution < 1.29 is 14.1 Å². The Hall–Kier alpha value is -2.68. The van der Waals surface area contributed by atoms with Crippen LogP contribution < -0.4 is 0 Å². The lowest BCUT2D eigenvalue weighted by Gasteiger charge is -2.02. The van der Waals surface area contributed by atoms with Crippen LogP contribution in [-0.2, 0) is 22.6 Å². The summed E-state index contributed by atoms with van der Waals surface area (Å²) in [6.07, 6.45) is 0.826. The Kier molecular flexibility index (Phi) is 4.45. The highest BCUT2D eigenvalue weighted by Crippen LogP contribution is 2.07. The Morgan fingerprint density at radius 1 is 1.40 bits per heavy atom. The maximum atomic E-state index is 11.6. The average molecular weight is 271 g/mol. The van der Waals surface area contributed by atoms with Gasteiger partial charge in [-0.2, -0.15) is 10.2 Å². The topological polar surface area (TPSA) is 89.0 Å². The minimum Gasteiger partial charge on any atom is -0.456 e. The van der Waals surface area contributed by atoms with Crippen molar-refractivity contribution in [2.45, 2.75) is 26.4 Å². The third-order valence-corrected chi connectivity index (χ3v) is 2.63. The van der Waals surface area contributed by atoms with Gasteiger partial charge in [0.25, 0.3) is 5.89 Å². The number of hydrogen-bond acceptors (Lipinski definition) is 6. The summed E-state index contributed by atoms with van der Waals surface area (Å²) in [5.41, 5.74) is 1.58. The van der Waals surface area contributed by atoms with Crippen LogP contribution in [0.2, 0.25) is 0 Å². The second-order valence-corrected chi connectivity index (χ2v) is 4.20. The van der Waals surface area contributed by atoms with Gasteiger partial charge in [-0.1, -0.05) is 17.3 Å². The second kappa shape index (κ2) is 6.48. The highest BCUT2D eigenvalue weighted by Gasteiger charge is 2.08. The van der Waals surface area contributed by atoms with Crippen molar-refractivity contribution >= 4 is 5.97 Å². The van der Waals surface area contributed by atoms with Gasteiger partial charge in [0.15, 0.2) is 12.4 Å². The van der Waals surface area contributed by atoms with Crippen molar-refractivity contribution in [2.24, 2.45) is 0 Å². The summed E-state index contributed by atoms with van der Waals surface area (Å²) in [4.78, 5) is 15.5. The molecule has 6 nitrogen and oxygen atoms in total. The fraction of sp³-hybridized carbons (Fsp3) is 0.286. The monoisotopic (exact) mass is 271 g/mol. The average Bonchev–Trinajstić information content (AvgIpc) is 2.89. The van der Waals surface area contributed by atoms with E-state index in [-0.39, 0.29) is 24.9 Å². The van der Waals surface area contributed by atoms with Crippen LogP contribution in [0.25, 0.3) is 0 Å². The highest BCUT2D eigenvalue weighted by atomic mass is 16.6. The number of aryl methyl sites for hydroxylation is 2. The Labute approximate surface area is 116 Å². The zero-order valence-corrected chi connectivity index (χ0v) is 11.0. The van der Waals surface area contributed by atoms with Crippen molar-refractivity contribution in [2.75, 3.05) is 0 Å². The summed E-state index contributed by atoms with van der Waals surface area (Å²) in [5.74, 6) is 0.466. The molecule has 0 fully saturated rings. The third-order valence-electron chi connectivity index (χ3n) is 2.63. The van der Waals surface area contributed by atoms with Crippen LogP contribution in [-0.4, -0.2) is 16.1 Å². The van der Waals surface area contributed by atoms with Crippen LogP contribution >= 0.6 is 0 Å². The van der Waals surface area contributed by atoms with Crippen LogP contribution in [0.1, 0.15) is 29.3 Å². The van der Waals surface area contributed by atoms with Gasteiger partial charge < -0.3 is 9.26 Å². The molecule has 0 saturated heterocycles. The molecule has 0 aliphatic rings. The predicted octanol–water partition coefficient (Wildman–Crippen LogP) is 1.93. The normalized spacial score (nSPS) is 10.0. The van der Waals surface area contributed by atoms with E-state index < -0.39 is 0 Å². The molecule has 1 aromatic carbocycles. The molecule has 20 heavy (non-hydrogen) atoms. The highest BCUT2D eigenvalue weighted by molar-refractivity contribution is 5.69. The van der Waals surface area contributed by atoms with Gasteiger partial charge in [0.1, 0.15) is 0 Å². The van der Waals surface area contributed by atoms with Crippen molar-refractivity contribution in [3.63, 3.8) is 0 Å². The first kappa shape index (κ1) is 13.7. The van der Waals surface area contributed by atoms with Crippen molar-refractivity contribution in [1.29, 1.82) is 5.26 Å². The lowest BCUT2D eigenvalue weighted by molar-refractivity contribution is -0.145. The summed E-state index contributed by atoms with van der Waals surface area (Å²) in [7, 11) is 0. The molecule has 0 amide bonds. The predicted molar refractivity (Wildman–Crippen MR) is 68.3 cm³/mol. The number of esters is 1. The van der Waals surface area contributed by atoms with Crippen molar-refractivity contribution in [1.82, 2.24) is 10.1 Å². The fourth-order valence-electron chi connectivity index (χ4n) is 1.61. The van der Waals surface area contributed by atoms with E-state index in [0.29, 0.717) is 17.8 Å². The molecule has 0 bridgehead atoms. The standard InChI is InChI=1S/C14H13N3O3/c1-10-16-13(20-17-10)9-19-14(18)7-6-11-2-4-12(8-15)5-3-11/h2-5H,6-7,9H2,1H3. The van der Waals surface area contributed by atoms with Gasteiger partial charge >= 0.3 is 5.97 Å². The minimum atomic E-state index is -0.329. The maximum absolute atomic E-state index is 11.6. The second-order valence-electron chi connectivity index (χ2n) is 4.20. The van der Waals surface area contributed by atoms with E-state index in [1.54, 1.807) is 19.1 Å². The number of nitriles is 1. The van der Waals surface area contributed by atoms with E-state index in [2.05, 4.69) is 10.1 Å². The molecule has 1 aromatic heterocycles. The van der Waals surface area contributed by atoms with Crippen molar-refractivity contribution in [3.8, 4) is 6.07 Å². The van der Waals surface area contributed by atoms with Crippen LogP contribution in [0.15, 0.2) is 28.8 Å². The van der Waals surface area contributed by atoms with Gasteiger partial charge in [0, 0.05) is 6.42 Å². The van der Waals surface area contributed by atoms with Gasteiger partial charge in [0.2, 0.25) is 0 Å². The first-order valence-electron chi connectivity index (χ1n) is 6.11. The van der Waals surface area contributed by atoms with E-state index in [4.69, 9.17) is 14.5 Å². The molecule has 0 atom stereocenters. The van der Waals surface area contributed by atoms with E-state index >= 15 is 0 Å². The van der Waals surface area contributed by atoms with E-state index in [1.165, 1.54) is 0 Å². The zero-order valence-electron chi connectivity index (χ0n) is 11.0. The number of nitrogens with zero attached hydrogens (tertiary/aromatic N) is 3. The largest absolute Gasteiger partial charge is 0.456 e. The van der Waals surface area contributed by atoms with E-state index in [1.807, 2.05) is 18.2 Å². The summed E-state index contributed by atoms with van der Waals surface area (Å²) in [6.45, 7) is 1.69. The fourth-order valence-corrected chi connectivity index (χ4v) is 1.61. The molecule has 6 heteroatoms. The SMILES string of the molecule is Cc1noc(COC(=O)CCc2ccc(C#N)cc2)n1. The molecule has 0 aliphatic heterocycles. The summed E-state index contributed by atoms with van der Waals surface area (Å²) in [6, 6.07) is 9.15. The summed E-state index contributed by atoms with van der Waals surface area (Å²) >= 11 is 0. The third kappa shape index (κ3) is 3.92. The first-order chi connectivity index (χ1) is 9.67. The zero-order chi connectivity index (χ0) is 14.4. The van der Waals surface area contributed by atoms with Gasteiger partial charge in [-0.25, -0.2) is 0 Å². The smallest absolute Gasteiger partial charge is 0.306 e. The van der Waals surface area contributed by atoms with Crippen LogP contribution in [0, 0.1) is 18.3 Å². The van der Waals surface area contributed by atoms with Gasteiger partial charge in [-0.15, -0.1) is 0 Å². The Balaban J connectivity index is 1.75. The van der Waals surface area contributed by atoms with Crippen molar-refractivity contribution in [3.05, 3.63) is 47.1 Å². The molecule has 0 saturated carbocycles. The Morgan fingerprint density at radius 2 is 2.15 bits per heavy atom. The number of ether oxygens (including phenoxy) is 1. The minimum absolute atomic E-state index is 0.00690. The van der Waals surface area contributed by atoms with Crippen LogP contribution in [0.4, 0.5) is 0 Å². The molecule has 2 aromatic rings. The number of carbonyl (C=O) groups excluding carboxylic acids is 1. The first-order valence-corrected chi connectivity index (χ1v) is 6.11. The molecular weight excluding hydrogens is 258 g/mol. The lowest BCUT2D eigenvalue weighted by Crippen LogP contribution is -2.06. The number of rotatable bonds is 5. The molecule has 0 aliphatic carbocycles. The molecule has 102 valence electrons. The van der Waals surface area contributed by atoms with Gasteiger partial charge in [-0.3, -0.25) is 4.79 Å². The van der Waals surface area contributed by atoms with Gasteiger partial charge in [-0.05, 0) is 31.0 Å². The molecule has 0 spiro atoms. The molecule has 1 heterocycles. The molecular formula is C14H13N3O3. The summed E-state index contributed by atoms with van der Waals surface area (Å²) in [5, 5.41) is 12.3. The Morgan fingerprint density at radius 3 is 2.75 bits per heavy atom. The summed E-state index contributed by atoms with van der Waals surface area (Å²) < 4.78 is 9.85. The van der Waals surface area contributed by atoms with Crippen LogP contribution in [0.3, 0.4) is 0 Å². The number of aromatic nitrogens is 2. The lowest BCUT2D eigenvalue weighted by atomic mass is 10.1. The molecule has 2 rings (SSSR count). The number of carbonyl (C=O) groups is 1. The Bertz CT molecular complexity index is 626. The maximum Gasteiger partial charge on any atom is 0.306 e. The molecule has 0 unspecified atom stereocenters. The van der Waals surface area contributed by atoms with E-state index in [9.17, 15) is 4.79 Å². The quantitative estimate of drug-likeness (QED) is 0.772. The van der Waals surface area contributed by atoms with Crippen LogP contribution in [0.5, 0.6) is 0 Å². The molecule has 0 N–H and O–H groups in total. The van der Waals surface area contributed by atoms with Gasteiger partial charge in [0.05, 0.1) is 11.6 Å². The number of hydrogen-bond donors (Lipinski definition) is 0.